The Bertz CT molecular complexity index is 775. The number of carbonyl (C=O) groups excluding carboxylic acids is 1. The van der Waals surface area contributed by atoms with Crippen molar-refractivity contribution < 1.29 is 24.2 Å². The lowest BCUT2D eigenvalue weighted by atomic mass is 10.0. The second-order valence-electron chi connectivity index (χ2n) is 6.07. The predicted molar refractivity (Wildman–Crippen MR) is 95.3 cm³/mol. The molecule has 26 heavy (non-hydrogen) atoms. The van der Waals surface area contributed by atoms with Crippen LogP contribution < -0.4 is 14.8 Å². The Balaban J connectivity index is 1.51. The Hall–Kier alpha value is -3.02. The van der Waals surface area contributed by atoms with E-state index < -0.39 is 12.0 Å². The highest BCUT2D eigenvalue weighted by atomic mass is 16.5. The van der Waals surface area contributed by atoms with Crippen LogP contribution in [0.5, 0.6) is 11.5 Å². The fourth-order valence-electron chi connectivity index (χ4n) is 2.85. The minimum atomic E-state index is -1.09. The molecular formula is C20H21NO5. The highest BCUT2D eigenvalue weighted by Gasteiger charge is 2.24. The first kappa shape index (κ1) is 17.8. The van der Waals surface area contributed by atoms with Gasteiger partial charge in [0.2, 0.25) is 5.91 Å². The summed E-state index contributed by atoms with van der Waals surface area (Å²) in [6.45, 7) is 0.996. The van der Waals surface area contributed by atoms with Gasteiger partial charge >= 0.3 is 5.97 Å². The summed E-state index contributed by atoms with van der Waals surface area (Å²) in [6.07, 6.45) is 1.45. The van der Waals surface area contributed by atoms with Gasteiger partial charge in [-0.2, -0.15) is 0 Å². The fourth-order valence-corrected chi connectivity index (χ4v) is 2.85. The first-order chi connectivity index (χ1) is 12.6. The van der Waals surface area contributed by atoms with Crippen molar-refractivity contribution in [2.45, 2.75) is 25.3 Å². The van der Waals surface area contributed by atoms with Crippen LogP contribution in [0.1, 0.15) is 30.0 Å². The summed E-state index contributed by atoms with van der Waals surface area (Å²) in [7, 11) is 0. The molecule has 6 nitrogen and oxygen atoms in total. The predicted octanol–water partition coefficient (Wildman–Crippen LogP) is 2.72. The monoisotopic (exact) mass is 355 g/mol. The summed E-state index contributed by atoms with van der Waals surface area (Å²) in [4.78, 5) is 23.7. The van der Waals surface area contributed by atoms with Crippen molar-refractivity contribution in [2.75, 3.05) is 13.2 Å². The van der Waals surface area contributed by atoms with Gasteiger partial charge in [-0.05, 0) is 41.8 Å². The minimum absolute atomic E-state index is 0.199. The number of amides is 1. The number of carboxylic acids is 1. The van der Waals surface area contributed by atoms with Crippen LogP contribution in [0.15, 0.2) is 48.5 Å². The third-order valence-electron chi connectivity index (χ3n) is 4.16. The lowest BCUT2D eigenvalue weighted by Crippen LogP contribution is -2.33. The lowest BCUT2D eigenvalue weighted by molar-refractivity contribution is -0.142. The van der Waals surface area contributed by atoms with Crippen molar-refractivity contribution in [3.05, 3.63) is 59.7 Å². The number of carbonyl (C=O) groups is 2. The first-order valence-electron chi connectivity index (χ1n) is 8.59. The van der Waals surface area contributed by atoms with Crippen molar-refractivity contribution in [2.24, 2.45) is 0 Å². The third-order valence-corrected chi connectivity index (χ3v) is 4.16. The summed E-state index contributed by atoms with van der Waals surface area (Å²) < 4.78 is 11.0. The average molecular weight is 355 g/mol. The van der Waals surface area contributed by atoms with Crippen LogP contribution in [-0.4, -0.2) is 30.2 Å². The van der Waals surface area contributed by atoms with Crippen molar-refractivity contribution in [3.63, 3.8) is 0 Å². The molecular weight excluding hydrogens is 334 g/mol. The van der Waals surface area contributed by atoms with Crippen LogP contribution in [0.3, 0.4) is 0 Å². The lowest BCUT2D eigenvalue weighted by Gasteiger charge is -2.16. The number of aliphatic carboxylic acids is 1. The molecule has 0 saturated heterocycles. The molecule has 0 aromatic heterocycles. The summed E-state index contributed by atoms with van der Waals surface area (Å²) in [5.74, 6) is 0.127. The molecule has 3 rings (SSSR count). The molecule has 1 aliphatic heterocycles. The van der Waals surface area contributed by atoms with E-state index in [1.54, 1.807) is 18.2 Å². The maximum absolute atomic E-state index is 12.1. The van der Waals surface area contributed by atoms with E-state index in [2.05, 4.69) is 5.32 Å². The minimum Gasteiger partial charge on any atom is -0.494 e. The molecule has 1 heterocycles. The van der Waals surface area contributed by atoms with Gasteiger partial charge in [-0.15, -0.1) is 0 Å². The van der Waals surface area contributed by atoms with E-state index in [9.17, 15) is 14.7 Å². The second kappa shape index (κ2) is 8.38. The topological polar surface area (TPSA) is 84.9 Å². The van der Waals surface area contributed by atoms with Gasteiger partial charge in [-0.3, -0.25) is 4.79 Å². The van der Waals surface area contributed by atoms with Gasteiger partial charge in [0.05, 0.1) is 13.2 Å². The maximum atomic E-state index is 12.1. The average Bonchev–Trinajstić information content (AvgIpc) is 3.11. The van der Waals surface area contributed by atoms with Gasteiger partial charge in [0.1, 0.15) is 11.5 Å². The van der Waals surface area contributed by atoms with E-state index in [4.69, 9.17) is 9.47 Å². The Morgan fingerprint density at radius 1 is 1.19 bits per heavy atom. The van der Waals surface area contributed by atoms with Crippen LogP contribution in [0.2, 0.25) is 0 Å². The highest BCUT2D eigenvalue weighted by Crippen LogP contribution is 2.28. The van der Waals surface area contributed by atoms with E-state index in [1.807, 2.05) is 30.3 Å². The standard InChI is InChI=1S/C20H21NO5/c22-18(7-4-11-25-16-5-2-1-3-6-16)21-19(20(23)24)15-8-9-17-14(13-15)10-12-26-17/h1-3,5-6,8-9,13,19H,4,7,10-12H2,(H,21,22)(H,23,24). The molecule has 0 spiro atoms. The van der Waals surface area contributed by atoms with Gasteiger partial charge in [-0.25, -0.2) is 4.79 Å². The molecule has 136 valence electrons. The Morgan fingerprint density at radius 2 is 2.00 bits per heavy atom. The zero-order valence-corrected chi connectivity index (χ0v) is 14.3. The number of hydrogen-bond acceptors (Lipinski definition) is 4. The van der Waals surface area contributed by atoms with Crippen molar-refractivity contribution >= 4 is 11.9 Å². The number of rotatable bonds is 8. The molecule has 0 bridgehead atoms. The van der Waals surface area contributed by atoms with E-state index >= 15 is 0 Å². The van der Waals surface area contributed by atoms with Crippen LogP contribution in [0.4, 0.5) is 0 Å². The first-order valence-corrected chi connectivity index (χ1v) is 8.59. The number of ether oxygens (including phenoxy) is 2. The number of benzene rings is 2. The van der Waals surface area contributed by atoms with E-state index in [1.165, 1.54) is 0 Å². The molecule has 0 fully saturated rings. The summed E-state index contributed by atoms with van der Waals surface area (Å²) in [6, 6.07) is 13.5. The number of nitrogens with one attached hydrogen (secondary N) is 1. The Labute approximate surface area is 151 Å². The Kier molecular flexibility index (Phi) is 5.73. The van der Waals surface area contributed by atoms with Gasteiger partial charge < -0.3 is 19.9 Å². The molecule has 1 amide bonds. The molecule has 1 aliphatic rings. The highest BCUT2D eigenvalue weighted by molar-refractivity contribution is 5.84. The molecule has 1 atom stereocenters. The van der Waals surface area contributed by atoms with Crippen LogP contribution in [0, 0.1) is 0 Å². The van der Waals surface area contributed by atoms with E-state index in [0.29, 0.717) is 25.2 Å². The number of fused-ring (bicyclic) bond motifs is 1. The van der Waals surface area contributed by atoms with Gasteiger partial charge in [-0.1, -0.05) is 24.3 Å². The van der Waals surface area contributed by atoms with E-state index in [0.717, 1.165) is 23.5 Å². The fraction of sp³-hybridized carbons (Fsp3) is 0.300. The molecule has 0 saturated carbocycles. The quantitative estimate of drug-likeness (QED) is 0.711. The summed E-state index contributed by atoms with van der Waals surface area (Å²) >= 11 is 0. The summed E-state index contributed by atoms with van der Waals surface area (Å²) in [5.41, 5.74) is 1.52. The van der Waals surface area contributed by atoms with E-state index in [-0.39, 0.29) is 12.3 Å². The van der Waals surface area contributed by atoms with Crippen molar-refractivity contribution in [1.82, 2.24) is 5.32 Å². The maximum Gasteiger partial charge on any atom is 0.330 e. The number of carboxylic acid groups (broad SMARTS) is 1. The number of hydrogen-bond donors (Lipinski definition) is 2. The van der Waals surface area contributed by atoms with Gasteiger partial charge in [0.15, 0.2) is 6.04 Å². The number of para-hydroxylation sites is 1. The van der Waals surface area contributed by atoms with Crippen LogP contribution in [-0.2, 0) is 16.0 Å². The molecule has 0 aliphatic carbocycles. The third kappa shape index (κ3) is 4.53. The Morgan fingerprint density at radius 3 is 2.77 bits per heavy atom. The largest absolute Gasteiger partial charge is 0.494 e. The van der Waals surface area contributed by atoms with Gasteiger partial charge in [0.25, 0.3) is 0 Å². The van der Waals surface area contributed by atoms with Crippen molar-refractivity contribution in [1.29, 1.82) is 0 Å². The molecule has 1 unspecified atom stereocenters. The molecule has 2 N–H and O–H groups in total. The zero-order valence-electron chi connectivity index (χ0n) is 14.3. The second-order valence-corrected chi connectivity index (χ2v) is 6.07. The van der Waals surface area contributed by atoms with Gasteiger partial charge in [0, 0.05) is 12.8 Å². The smallest absolute Gasteiger partial charge is 0.330 e. The van der Waals surface area contributed by atoms with Crippen LogP contribution in [0.25, 0.3) is 0 Å². The van der Waals surface area contributed by atoms with Crippen molar-refractivity contribution in [3.8, 4) is 11.5 Å². The van der Waals surface area contributed by atoms with Crippen LogP contribution >= 0.6 is 0 Å². The molecule has 2 aromatic carbocycles. The molecule has 6 heteroatoms. The summed E-state index contributed by atoms with van der Waals surface area (Å²) in [5, 5.41) is 12.1. The molecule has 0 radical (unpaired) electrons. The zero-order chi connectivity index (χ0) is 18.4. The SMILES string of the molecule is O=C(CCCOc1ccccc1)NC(C(=O)O)c1ccc2c(c1)CCO2. The molecule has 2 aromatic rings. The normalized spacial score (nSPS) is 13.4.